The van der Waals surface area contributed by atoms with Crippen molar-refractivity contribution in [3.8, 4) is 0 Å². The SMILES string of the molecule is CC/C=C\C/C=C\C/C=C\CCCCCC(=O)OC(COCCCCCCCCCCCCCCC)COP(=O)([O-])OCC[N+](C)(C)C. The van der Waals surface area contributed by atoms with Crippen LogP contribution in [-0.2, 0) is 27.9 Å². The maximum atomic E-state index is 12.6. The molecule has 8 nitrogen and oxygen atoms in total. The minimum Gasteiger partial charge on any atom is -0.756 e. The molecular formula is C39H74NO7P. The zero-order chi connectivity index (χ0) is 35.6. The lowest BCUT2D eigenvalue weighted by atomic mass is 10.0. The van der Waals surface area contributed by atoms with E-state index in [4.69, 9.17) is 18.5 Å². The van der Waals surface area contributed by atoms with Crippen molar-refractivity contribution >= 4 is 13.8 Å². The molecule has 0 aromatic carbocycles. The molecule has 0 aliphatic carbocycles. The minimum absolute atomic E-state index is 0.0206. The average molecular weight is 700 g/mol. The summed E-state index contributed by atoms with van der Waals surface area (Å²) >= 11 is 0. The number of phosphoric ester groups is 1. The number of esters is 1. The highest BCUT2D eigenvalue weighted by Gasteiger charge is 2.20. The van der Waals surface area contributed by atoms with Crippen LogP contribution in [0.15, 0.2) is 36.5 Å². The number of nitrogens with zero attached hydrogens (tertiary/aromatic N) is 1. The van der Waals surface area contributed by atoms with E-state index in [1.165, 1.54) is 70.6 Å². The largest absolute Gasteiger partial charge is 0.756 e. The summed E-state index contributed by atoms with van der Waals surface area (Å²) in [7, 11) is 1.33. The highest BCUT2D eigenvalue weighted by molar-refractivity contribution is 7.45. The lowest BCUT2D eigenvalue weighted by molar-refractivity contribution is -0.870. The van der Waals surface area contributed by atoms with Gasteiger partial charge in [0.05, 0.1) is 34.4 Å². The van der Waals surface area contributed by atoms with Crippen LogP contribution in [0, 0.1) is 0 Å². The standard InChI is InChI=1S/C39H74NO7P/c1-6-8-10-12-14-16-18-20-22-24-26-28-30-32-39(41)47-38(37-46-48(42,43)45-35-33-40(3,4)5)36-44-34-31-29-27-25-23-21-19-17-15-13-11-9-7-2/h8,10,14,16,20,22,38H,6-7,9,11-13,15,17-19,21,23-37H2,1-5H3/b10-8-,16-14-,22-20-. The molecule has 0 spiro atoms. The van der Waals surface area contributed by atoms with Crippen LogP contribution in [0.4, 0.5) is 0 Å². The molecule has 0 saturated carbocycles. The van der Waals surface area contributed by atoms with Crippen molar-refractivity contribution in [1.29, 1.82) is 0 Å². The fourth-order valence-electron chi connectivity index (χ4n) is 4.97. The maximum Gasteiger partial charge on any atom is 0.306 e. The quantitative estimate of drug-likeness (QED) is 0.0214. The summed E-state index contributed by atoms with van der Waals surface area (Å²) in [5.41, 5.74) is 0. The van der Waals surface area contributed by atoms with Gasteiger partial charge in [-0.1, -0.05) is 134 Å². The zero-order valence-electron chi connectivity index (χ0n) is 31.7. The van der Waals surface area contributed by atoms with Gasteiger partial charge in [-0.2, -0.15) is 0 Å². The number of carbonyl (C=O) groups excluding carboxylic acids is 1. The Bertz CT molecular complexity index is 869. The first-order chi connectivity index (χ1) is 23.1. The van der Waals surface area contributed by atoms with E-state index in [0.29, 0.717) is 17.6 Å². The monoisotopic (exact) mass is 700 g/mol. The van der Waals surface area contributed by atoms with Crippen molar-refractivity contribution in [3.05, 3.63) is 36.5 Å². The van der Waals surface area contributed by atoms with Crippen LogP contribution < -0.4 is 4.89 Å². The molecule has 0 aromatic heterocycles. The Morgan fingerprint density at radius 3 is 1.79 bits per heavy atom. The van der Waals surface area contributed by atoms with Gasteiger partial charge in [-0.25, -0.2) is 0 Å². The normalized spacial score (nSPS) is 14.4. The predicted octanol–water partition coefficient (Wildman–Crippen LogP) is 10.0. The van der Waals surface area contributed by atoms with Gasteiger partial charge >= 0.3 is 5.97 Å². The van der Waals surface area contributed by atoms with Gasteiger partial charge < -0.3 is 27.9 Å². The number of hydrogen-bond donors (Lipinski definition) is 0. The Morgan fingerprint density at radius 1 is 0.667 bits per heavy atom. The fraction of sp³-hybridized carbons (Fsp3) is 0.821. The van der Waals surface area contributed by atoms with Gasteiger partial charge in [-0.15, -0.1) is 0 Å². The number of hydrogen-bond acceptors (Lipinski definition) is 7. The first-order valence-electron chi connectivity index (χ1n) is 19.2. The van der Waals surface area contributed by atoms with Crippen molar-refractivity contribution in [2.24, 2.45) is 0 Å². The van der Waals surface area contributed by atoms with Gasteiger partial charge in [0.15, 0.2) is 0 Å². The Balaban J connectivity index is 4.35. The highest BCUT2D eigenvalue weighted by Crippen LogP contribution is 2.38. The molecule has 0 aliphatic heterocycles. The Hall–Kier alpha value is -1.28. The molecule has 0 aromatic rings. The van der Waals surface area contributed by atoms with Crippen LogP contribution in [0.3, 0.4) is 0 Å². The second kappa shape index (κ2) is 32.9. The summed E-state index contributed by atoms with van der Waals surface area (Å²) in [6, 6.07) is 0. The van der Waals surface area contributed by atoms with E-state index in [1.54, 1.807) is 0 Å². The molecule has 0 fully saturated rings. The van der Waals surface area contributed by atoms with Crippen molar-refractivity contribution in [1.82, 2.24) is 0 Å². The minimum atomic E-state index is -4.52. The van der Waals surface area contributed by atoms with Crippen LogP contribution in [0.5, 0.6) is 0 Å². The van der Waals surface area contributed by atoms with Gasteiger partial charge in [0.1, 0.15) is 19.3 Å². The Labute approximate surface area is 295 Å². The molecule has 0 saturated heterocycles. The Kier molecular flexibility index (Phi) is 32.0. The lowest BCUT2D eigenvalue weighted by Crippen LogP contribution is -2.37. The number of phosphoric acid groups is 1. The number of ether oxygens (including phenoxy) is 2. The van der Waals surface area contributed by atoms with E-state index in [2.05, 4.69) is 50.3 Å². The average Bonchev–Trinajstić information content (AvgIpc) is 3.03. The molecule has 0 amide bonds. The molecule has 282 valence electrons. The van der Waals surface area contributed by atoms with Crippen molar-refractivity contribution in [3.63, 3.8) is 0 Å². The summed E-state index contributed by atoms with van der Waals surface area (Å²) in [6.07, 6.45) is 35.8. The number of quaternary nitrogens is 1. The van der Waals surface area contributed by atoms with Crippen LogP contribution in [0.1, 0.15) is 149 Å². The van der Waals surface area contributed by atoms with Gasteiger partial charge in [0.2, 0.25) is 0 Å². The van der Waals surface area contributed by atoms with E-state index in [0.717, 1.165) is 57.8 Å². The molecule has 0 radical (unpaired) electrons. The zero-order valence-corrected chi connectivity index (χ0v) is 32.6. The van der Waals surface area contributed by atoms with E-state index >= 15 is 0 Å². The third-order valence-electron chi connectivity index (χ3n) is 7.96. The summed E-state index contributed by atoms with van der Waals surface area (Å²) in [6.45, 7) is 5.25. The molecule has 0 heterocycles. The third kappa shape index (κ3) is 36.0. The van der Waals surface area contributed by atoms with Crippen LogP contribution in [0.25, 0.3) is 0 Å². The van der Waals surface area contributed by atoms with Gasteiger partial charge in [0.25, 0.3) is 7.82 Å². The number of unbranched alkanes of at least 4 members (excludes halogenated alkanes) is 15. The number of allylic oxidation sites excluding steroid dienone is 6. The van der Waals surface area contributed by atoms with E-state index < -0.39 is 13.9 Å². The number of likely N-dealkylation sites (N-methyl/N-ethyl adjacent to an activating group) is 1. The number of rotatable bonds is 35. The van der Waals surface area contributed by atoms with Crippen LogP contribution >= 0.6 is 7.82 Å². The maximum absolute atomic E-state index is 12.6. The molecule has 48 heavy (non-hydrogen) atoms. The molecule has 2 unspecified atom stereocenters. The van der Waals surface area contributed by atoms with E-state index in [-0.39, 0.29) is 32.2 Å². The molecule has 0 bridgehead atoms. The summed E-state index contributed by atoms with van der Waals surface area (Å²) in [4.78, 5) is 24.9. The van der Waals surface area contributed by atoms with Crippen LogP contribution in [-0.4, -0.2) is 70.7 Å². The fourth-order valence-corrected chi connectivity index (χ4v) is 5.70. The lowest BCUT2D eigenvalue weighted by Gasteiger charge is -2.28. The Morgan fingerprint density at radius 2 is 1.21 bits per heavy atom. The van der Waals surface area contributed by atoms with E-state index in [9.17, 15) is 14.3 Å². The van der Waals surface area contributed by atoms with Crippen molar-refractivity contribution in [2.45, 2.75) is 155 Å². The second-order valence-electron chi connectivity index (χ2n) is 13.9. The topological polar surface area (TPSA) is 94.1 Å². The van der Waals surface area contributed by atoms with Crippen molar-refractivity contribution in [2.75, 3.05) is 54.1 Å². The molecule has 2 atom stereocenters. The van der Waals surface area contributed by atoms with Gasteiger partial charge in [-0.05, 0) is 44.9 Å². The van der Waals surface area contributed by atoms with Gasteiger partial charge in [-0.3, -0.25) is 9.36 Å². The first kappa shape index (κ1) is 46.7. The summed E-state index contributed by atoms with van der Waals surface area (Å²) in [5.74, 6) is -0.363. The molecular weight excluding hydrogens is 625 g/mol. The van der Waals surface area contributed by atoms with E-state index in [1.807, 2.05) is 21.1 Å². The molecule has 0 rings (SSSR count). The first-order valence-corrected chi connectivity index (χ1v) is 20.7. The summed E-state index contributed by atoms with van der Waals surface area (Å²) < 4.78 is 34.4. The van der Waals surface area contributed by atoms with Crippen LogP contribution in [0.2, 0.25) is 0 Å². The molecule has 9 heteroatoms. The second-order valence-corrected chi connectivity index (χ2v) is 15.3. The smallest absolute Gasteiger partial charge is 0.306 e. The predicted molar refractivity (Wildman–Crippen MR) is 199 cm³/mol. The molecule has 0 N–H and O–H groups in total. The molecule has 0 aliphatic rings. The van der Waals surface area contributed by atoms with Crippen molar-refractivity contribution < 1.29 is 37.3 Å². The summed E-state index contributed by atoms with van der Waals surface area (Å²) in [5, 5.41) is 0. The van der Waals surface area contributed by atoms with Gasteiger partial charge in [0, 0.05) is 13.0 Å². The number of carbonyl (C=O) groups is 1. The highest BCUT2D eigenvalue weighted by atomic mass is 31.2. The third-order valence-corrected chi connectivity index (χ3v) is 8.92.